The second-order valence-corrected chi connectivity index (χ2v) is 8.62. The highest BCUT2D eigenvalue weighted by Gasteiger charge is 2.36. The molecule has 0 fully saturated rings. The Labute approximate surface area is 200 Å². The first kappa shape index (κ1) is 24.1. The van der Waals surface area contributed by atoms with Crippen molar-refractivity contribution in [1.82, 2.24) is 4.57 Å². The molecule has 2 aromatic carbocycles. The van der Waals surface area contributed by atoms with E-state index in [0.29, 0.717) is 15.8 Å². The lowest BCUT2D eigenvalue weighted by Crippen LogP contribution is -2.28. The molecular formula is C26H15F5N2OS. The largest absolute Gasteiger partial charge is 0.417 e. The minimum absolute atomic E-state index is 0.112. The van der Waals surface area contributed by atoms with Crippen LogP contribution in [0.15, 0.2) is 71.5 Å². The van der Waals surface area contributed by atoms with Crippen LogP contribution in [0, 0.1) is 23.0 Å². The number of alkyl halides is 3. The standard InChI is InChI=1S/C26H15F5N2OS/c27-18-8-7-17(22(28)12-18)15-33-23(13-21(26(29,30)31)20(14-32)25(33)34)24-11-10-19(35-24)9-6-16-4-2-1-3-5-16/h1-13H,15H2. The van der Waals surface area contributed by atoms with E-state index in [2.05, 4.69) is 0 Å². The summed E-state index contributed by atoms with van der Waals surface area (Å²) in [4.78, 5) is 14.0. The van der Waals surface area contributed by atoms with Crippen LogP contribution in [0.3, 0.4) is 0 Å². The monoisotopic (exact) mass is 498 g/mol. The number of nitrogens with zero attached hydrogens (tertiary/aromatic N) is 2. The Morgan fingerprint density at radius 1 is 0.971 bits per heavy atom. The van der Waals surface area contributed by atoms with Gasteiger partial charge in [0.15, 0.2) is 0 Å². The summed E-state index contributed by atoms with van der Waals surface area (Å²) in [7, 11) is 0. The minimum atomic E-state index is -4.95. The fourth-order valence-electron chi connectivity index (χ4n) is 3.48. The highest BCUT2D eigenvalue weighted by Crippen LogP contribution is 2.36. The summed E-state index contributed by atoms with van der Waals surface area (Å²) in [5, 5.41) is 9.29. The van der Waals surface area contributed by atoms with E-state index in [-0.39, 0.29) is 11.3 Å². The molecule has 0 amide bonds. The molecule has 0 aliphatic carbocycles. The molecule has 0 atom stereocenters. The zero-order valence-corrected chi connectivity index (χ0v) is 18.6. The van der Waals surface area contributed by atoms with E-state index < -0.39 is 41.0 Å². The SMILES string of the molecule is N#Cc1c(C(F)(F)F)cc(-c2ccc(C=Cc3ccccc3)s2)n(Cc2ccc(F)cc2F)c1=O. The molecule has 2 aromatic heterocycles. The molecule has 35 heavy (non-hydrogen) atoms. The van der Waals surface area contributed by atoms with E-state index in [1.54, 1.807) is 18.2 Å². The van der Waals surface area contributed by atoms with Crippen molar-refractivity contribution in [3.8, 4) is 16.6 Å². The fourth-order valence-corrected chi connectivity index (χ4v) is 4.42. The van der Waals surface area contributed by atoms with Crippen LogP contribution in [0.4, 0.5) is 22.0 Å². The Balaban J connectivity index is 1.86. The van der Waals surface area contributed by atoms with Crippen molar-refractivity contribution in [2.24, 2.45) is 0 Å². The first-order chi connectivity index (χ1) is 16.7. The van der Waals surface area contributed by atoms with Crippen LogP contribution in [0.5, 0.6) is 0 Å². The van der Waals surface area contributed by atoms with E-state index in [4.69, 9.17) is 0 Å². The molecule has 0 saturated heterocycles. The Morgan fingerprint density at radius 3 is 2.37 bits per heavy atom. The molecule has 4 rings (SSSR count). The number of pyridine rings is 1. The normalized spacial score (nSPS) is 11.7. The molecule has 0 unspecified atom stereocenters. The predicted molar refractivity (Wildman–Crippen MR) is 125 cm³/mol. The molecule has 4 aromatic rings. The second kappa shape index (κ2) is 9.68. The Hall–Kier alpha value is -4.03. The van der Waals surface area contributed by atoms with Crippen molar-refractivity contribution in [3.05, 3.63) is 116 Å². The summed E-state index contributed by atoms with van der Waals surface area (Å²) >= 11 is 1.13. The number of thiophene rings is 1. The smallest absolute Gasteiger partial charge is 0.302 e. The zero-order chi connectivity index (χ0) is 25.2. The number of aromatic nitrogens is 1. The van der Waals surface area contributed by atoms with Crippen LogP contribution in [-0.2, 0) is 12.7 Å². The zero-order valence-electron chi connectivity index (χ0n) is 17.8. The molecule has 9 heteroatoms. The lowest BCUT2D eigenvalue weighted by Gasteiger charge is -2.17. The number of hydrogen-bond acceptors (Lipinski definition) is 3. The van der Waals surface area contributed by atoms with Crippen LogP contribution >= 0.6 is 11.3 Å². The van der Waals surface area contributed by atoms with Crippen LogP contribution in [0.1, 0.15) is 27.1 Å². The second-order valence-electron chi connectivity index (χ2n) is 7.50. The highest BCUT2D eigenvalue weighted by molar-refractivity contribution is 7.16. The maximum atomic E-state index is 14.3. The van der Waals surface area contributed by atoms with Crippen LogP contribution in [-0.4, -0.2) is 4.57 Å². The fraction of sp³-hybridized carbons (Fsp3) is 0.0769. The van der Waals surface area contributed by atoms with Gasteiger partial charge in [-0.15, -0.1) is 11.3 Å². The van der Waals surface area contributed by atoms with Gasteiger partial charge in [0.25, 0.3) is 5.56 Å². The summed E-state index contributed by atoms with van der Waals surface area (Å²) in [6, 6.07) is 17.3. The van der Waals surface area contributed by atoms with Crippen molar-refractivity contribution >= 4 is 23.5 Å². The number of nitriles is 1. The van der Waals surface area contributed by atoms with Gasteiger partial charge in [-0.3, -0.25) is 4.79 Å². The summed E-state index contributed by atoms with van der Waals surface area (Å²) in [6.45, 7) is -0.486. The van der Waals surface area contributed by atoms with Gasteiger partial charge in [-0.2, -0.15) is 18.4 Å². The van der Waals surface area contributed by atoms with Crippen molar-refractivity contribution in [1.29, 1.82) is 5.26 Å². The maximum absolute atomic E-state index is 14.3. The summed E-state index contributed by atoms with van der Waals surface area (Å²) < 4.78 is 69.6. The van der Waals surface area contributed by atoms with Gasteiger partial charge < -0.3 is 4.57 Å². The number of benzene rings is 2. The van der Waals surface area contributed by atoms with E-state index in [1.165, 1.54) is 6.07 Å². The predicted octanol–water partition coefficient (Wildman–Crippen LogP) is 6.96. The van der Waals surface area contributed by atoms with Gasteiger partial charge in [0.2, 0.25) is 0 Å². The molecule has 2 heterocycles. The average Bonchev–Trinajstić information content (AvgIpc) is 3.29. The third-order valence-electron chi connectivity index (χ3n) is 5.18. The molecule has 176 valence electrons. The third-order valence-corrected chi connectivity index (χ3v) is 6.25. The van der Waals surface area contributed by atoms with E-state index in [0.717, 1.165) is 39.7 Å². The minimum Gasteiger partial charge on any atom is -0.302 e. The summed E-state index contributed by atoms with van der Waals surface area (Å²) in [5.74, 6) is -1.80. The molecule has 0 N–H and O–H groups in total. The molecule has 0 aliphatic heterocycles. The molecule has 0 spiro atoms. The van der Waals surface area contributed by atoms with E-state index in [1.807, 2.05) is 36.4 Å². The highest BCUT2D eigenvalue weighted by atomic mass is 32.1. The van der Waals surface area contributed by atoms with Gasteiger partial charge in [0, 0.05) is 16.5 Å². The first-order valence-corrected chi connectivity index (χ1v) is 11.0. The van der Waals surface area contributed by atoms with Gasteiger partial charge in [-0.25, -0.2) is 8.78 Å². The Bertz CT molecular complexity index is 1510. The van der Waals surface area contributed by atoms with Crippen LogP contribution in [0.25, 0.3) is 22.7 Å². The van der Waals surface area contributed by atoms with Gasteiger partial charge in [0.1, 0.15) is 23.3 Å². The molecule has 0 aliphatic rings. The van der Waals surface area contributed by atoms with E-state index in [9.17, 15) is 32.0 Å². The van der Waals surface area contributed by atoms with Crippen molar-refractivity contribution in [2.45, 2.75) is 12.7 Å². The van der Waals surface area contributed by atoms with Crippen molar-refractivity contribution < 1.29 is 22.0 Å². The van der Waals surface area contributed by atoms with Crippen LogP contribution in [0.2, 0.25) is 0 Å². The topological polar surface area (TPSA) is 45.8 Å². The lowest BCUT2D eigenvalue weighted by molar-refractivity contribution is -0.137. The van der Waals surface area contributed by atoms with Crippen LogP contribution < -0.4 is 5.56 Å². The van der Waals surface area contributed by atoms with Gasteiger partial charge >= 0.3 is 6.18 Å². The number of halogens is 5. The summed E-state index contributed by atoms with van der Waals surface area (Å²) in [5.41, 5.74) is -3.00. The first-order valence-electron chi connectivity index (χ1n) is 10.2. The van der Waals surface area contributed by atoms with Gasteiger partial charge in [0.05, 0.1) is 22.7 Å². The average molecular weight is 498 g/mol. The molecule has 0 radical (unpaired) electrons. The lowest BCUT2D eigenvalue weighted by atomic mass is 10.1. The molecule has 3 nitrogen and oxygen atoms in total. The van der Waals surface area contributed by atoms with Gasteiger partial charge in [-0.05, 0) is 35.9 Å². The summed E-state index contributed by atoms with van der Waals surface area (Å²) in [6.07, 6.45) is -1.34. The molecular weight excluding hydrogens is 483 g/mol. The third kappa shape index (κ3) is 5.23. The number of hydrogen-bond donors (Lipinski definition) is 0. The Kier molecular flexibility index (Phi) is 6.67. The molecule has 0 bridgehead atoms. The van der Waals surface area contributed by atoms with Crippen molar-refractivity contribution in [2.75, 3.05) is 0 Å². The quantitative estimate of drug-likeness (QED) is 0.279. The Morgan fingerprint density at radius 2 is 1.71 bits per heavy atom. The molecule has 0 saturated carbocycles. The maximum Gasteiger partial charge on any atom is 0.417 e. The van der Waals surface area contributed by atoms with Gasteiger partial charge in [-0.1, -0.05) is 42.5 Å². The number of rotatable bonds is 5. The van der Waals surface area contributed by atoms with E-state index >= 15 is 0 Å². The van der Waals surface area contributed by atoms with Crippen molar-refractivity contribution in [3.63, 3.8) is 0 Å².